The van der Waals surface area contributed by atoms with Gasteiger partial charge in [-0.05, 0) is 24.3 Å². The van der Waals surface area contributed by atoms with Gasteiger partial charge < -0.3 is 4.98 Å². The Balaban J connectivity index is 2.17. The van der Waals surface area contributed by atoms with Crippen molar-refractivity contribution in [2.45, 2.75) is 6.18 Å². The van der Waals surface area contributed by atoms with E-state index >= 15 is 0 Å². The highest BCUT2D eigenvalue weighted by atomic mass is 79.9. The molecule has 0 unspecified atom stereocenters. The van der Waals surface area contributed by atoms with Crippen molar-refractivity contribution < 1.29 is 17.6 Å². The summed E-state index contributed by atoms with van der Waals surface area (Å²) >= 11 is 2.87. The van der Waals surface area contributed by atoms with Gasteiger partial charge in [-0.1, -0.05) is 28.1 Å². The highest BCUT2D eigenvalue weighted by Gasteiger charge is 2.33. The van der Waals surface area contributed by atoms with Crippen molar-refractivity contribution in [2.24, 2.45) is 0 Å². The minimum atomic E-state index is -4.48. The number of hydrogen-bond donors (Lipinski definition) is 1. The predicted octanol–water partition coefficient (Wildman–Crippen LogP) is 5.15. The summed E-state index contributed by atoms with van der Waals surface area (Å²) in [7, 11) is 0. The smallest absolute Gasteiger partial charge is 0.338 e. The van der Waals surface area contributed by atoms with E-state index in [1.54, 1.807) is 6.07 Å². The first-order chi connectivity index (χ1) is 9.86. The Labute approximate surface area is 124 Å². The van der Waals surface area contributed by atoms with Crippen LogP contribution in [0.2, 0.25) is 0 Å². The van der Waals surface area contributed by atoms with Gasteiger partial charge in [-0.2, -0.15) is 13.2 Å². The molecule has 1 N–H and O–H groups in total. The van der Waals surface area contributed by atoms with Crippen LogP contribution in [0, 0.1) is 5.82 Å². The first-order valence-electron chi connectivity index (χ1n) is 5.87. The van der Waals surface area contributed by atoms with Crippen molar-refractivity contribution in [2.75, 3.05) is 0 Å². The molecule has 0 fully saturated rings. The van der Waals surface area contributed by atoms with Gasteiger partial charge >= 0.3 is 6.18 Å². The standard InChI is InChI=1S/C14H7BrF4N2/c15-9-5-4-7(6-8(9)14(17,18)19)13-20-11-3-1-2-10(16)12(11)21-13/h1-6H,(H,20,21). The molecule has 0 saturated heterocycles. The largest absolute Gasteiger partial charge is 0.417 e. The Bertz CT molecular complexity index is 823. The van der Waals surface area contributed by atoms with Crippen molar-refractivity contribution in [3.05, 3.63) is 52.3 Å². The van der Waals surface area contributed by atoms with Gasteiger partial charge in [-0.25, -0.2) is 9.37 Å². The summed E-state index contributed by atoms with van der Waals surface area (Å²) in [5, 5.41) is 0. The first-order valence-corrected chi connectivity index (χ1v) is 6.67. The average molecular weight is 359 g/mol. The molecule has 0 aliphatic carbocycles. The zero-order chi connectivity index (χ0) is 15.2. The molecule has 0 saturated carbocycles. The van der Waals surface area contributed by atoms with Crippen molar-refractivity contribution >= 4 is 27.0 Å². The SMILES string of the molecule is Fc1cccc2[nH]c(-c3ccc(Br)c(C(F)(F)F)c3)nc12. The summed E-state index contributed by atoms with van der Waals surface area (Å²) in [5.74, 6) is -0.337. The zero-order valence-electron chi connectivity index (χ0n) is 10.3. The fourth-order valence-corrected chi connectivity index (χ4v) is 2.50. The third kappa shape index (κ3) is 2.53. The Morgan fingerprint density at radius 3 is 2.52 bits per heavy atom. The van der Waals surface area contributed by atoms with Crippen molar-refractivity contribution in [3.63, 3.8) is 0 Å². The third-order valence-corrected chi connectivity index (χ3v) is 3.70. The maximum Gasteiger partial charge on any atom is 0.417 e. The highest BCUT2D eigenvalue weighted by Crippen LogP contribution is 2.37. The fourth-order valence-electron chi connectivity index (χ4n) is 2.02. The number of nitrogens with one attached hydrogen (secondary N) is 1. The summed E-state index contributed by atoms with van der Waals surface area (Å²) < 4.78 is 52.2. The van der Waals surface area contributed by atoms with Gasteiger partial charge in [0.05, 0.1) is 11.1 Å². The molecule has 0 amide bonds. The molecule has 3 aromatic rings. The van der Waals surface area contributed by atoms with E-state index in [2.05, 4.69) is 25.9 Å². The maximum atomic E-state index is 13.6. The van der Waals surface area contributed by atoms with E-state index in [1.807, 2.05) is 0 Å². The molecule has 2 aromatic carbocycles. The molecule has 0 atom stereocenters. The Morgan fingerprint density at radius 2 is 1.86 bits per heavy atom. The number of H-pyrrole nitrogens is 1. The number of benzene rings is 2. The number of para-hydroxylation sites is 1. The highest BCUT2D eigenvalue weighted by molar-refractivity contribution is 9.10. The monoisotopic (exact) mass is 358 g/mol. The van der Waals surface area contributed by atoms with Crippen molar-refractivity contribution in [3.8, 4) is 11.4 Å². The van der Waals surface area contributed by atoms with Crippen LogP contribution >= 0.6 is 15.9 Å². The fraction of sp³-hybridized carbons (Fsp3) is 0.0714. The van der Waals surface area contributed by atoms with Gasteiger partial charge in [0.15, 0.2) is 5.82 Å². The molecule has 7 heteroatoms. The predicted molar refractivity (Wildman–Crippen MR) is 74.2 cm³/mol. The van der Waals surface area contributed by atoms with E-state index in [1.165, 1.54) is 24.3 Å². The topological polar surface area (TPSA) is 28.7 Å². The second-order valence-electron chi connectivity index (χ2n) is 4.41. The van der Waals surface area contributed by atoms with Crippen LogP contribution < -0.4 is 0 Å². The number of aromatic nitrogens is 2. The Kier molecular flexibility index (Phi) is 3.24. The maximum absolute atomic E-state index is 13.6. The lowest BCUT2D eigenvalue weighted by molar-refractivity contribution is -0.138. The second kappa shape index (κ2) is 4.84. The van der Waals surface area contributed by atoms with Crippen LogP contribution in [0.15, 0.2) is 40.9 Å². The molecule has 2 nitrogen and oxygen atoms in total. The van der Waals surface area contributed by atoms with Gasteiger partial charge in [0.1, 0.15) is 11.3 Å². The van der Waals surface area contributed by atoms with Crippen LogP contribution in [0.3, 0.4) is 0 Å². The molecule has 0 bridgehead atoms. The molecule has 0 spiro atoms. The van der Waals surface area contributed by atoms with Crippen LogP contribution in [-0.2, 0) is 6.18 Å². The molecular formula is C14H7BrF4N2. The summed E-state index contributed by atoms with van der Waals surface area (Å²) in [4.78, 5) is 6.84. The molecule has 0 aliphatic rings. The lowest BCUT2D eigenvalue weighted by Crippen LogP contribution is -2.06. The van der Waals surface area contributed by atoms with Crippen molar-refractivity contribution in [1.29, 1.82) is 0 Å². The number of hydrogen-bond acceptors (Lipinski definition) is 1. The molecule has 3 rings (SSSR count). The van der Waals surface area contributed by atoms with Crippen LogP contribution in [0.4, 0.5) is 17.6 Å². The van der Waals surface area contributed by atoms with E-state index in [4.69, 9.17) is 0 Å². The summed E-state index contributed by atoms with van der Waals surface area (Å²) in [5.41, 5.74) is -0.0347. The quantitative estimate of drug-likeness (QED) is 0.598. The Hall–Kier alpha value is -1.89. The first kappa shape index (κ1) is 14.1. The average Bonchev–Trinajstić information content (AvgIpc) is 2.83. The number of fused-ring (bicyclic) bond motifs is 1. The second-order valence-corrected chi connectivity index (χ2v) is 5.27. The lowest BCUT2D eigenvalue weighted by Gasteiger charge is -2.10. The number of alkyl halides is 3. The lowest BCUT2D eigenvalue weighted by atomic mass is 10.1. The normalized spacial score (nSPS) is 12.0. The van der Waals surface area contributed by atoms with Crippen LogP contribution in [0.25, 0.3) is 22.4 Å². The minimum Gasteiger partial charge on any atom is -0.338 e. The van der Waals surface area contributed by atoms with E-state index < -0.39 is 17.6 Å². The van der Waals surface area contributed by atoms with Gasteiger partial charge in [0, 0.05) is 10.0 Å². The zero-order valence-corrected chi connectivity index (χ0v) is 11.9. The van der Waals surface area contributed by atoms with Crippen molar-refractivity contribution in [1.82, 2.24) is 9.97 Å². The van der Waals surface area contributed by atoms with Gasteiger partial charge in [0.2, 0.25) is 0 Å². The number of imidazole rings is 1. The van der Waals surface area contributed by atoms with E-state index in [0.717, 1.165) is 6.07 Å². The molecule has 0 aliphatic heterocycles. The number of nitrogens with zero attached hydrogens (tertiary/aromatic N) is 1. The molecule has 1 aromatic heterocycles. The summed E-state index contributed by atoms with van der Waals surface area (Å²) in [6.07, 6.45) is -4.48. The van der Waals surface area contributed by atoms with E-state index in [9.17, 15) is 17.6 Å². The molecule has 1 heterocycles. The molecular weight excluding hydrogens is 352 g/mol. The van der Waals surface area contributed by atoms with Gasteiger partial charge in [-0.15, -0.1) is 0 Å². The van der Waals surface area contributed by atoms with Crippen LogP contribution in [0.5, 0.6) is 0 Å². The summed E-state index contributed by atoms with van der Waals surface area (Å²) in [6, 6.07) is 8.10. The van der Waals surface area contributed by atoms with Crippen LogP contribution in [0.1, 0.15) is 5.56 Å². The molecule has 108 valence electrons. The molecule has 21 heavy (non-hydrogen) atoms. The minimum absolute atomic E-state index is 0.0546. The van der Waals surface area contributed by atoms with E-state index in [0.29, 0.717) is 5.52 Å². The van der Waals surface area contributed by atoms with Crippen LogP contribution in [-0.4, -0.2) is 9.97 Å². The summed E-state index contributed by atoms with van der Waals surface area (Å²) in [6.45, 7) is 0. The van der Waals surface area contributed by atoms with Gasteiger partial charge in [-0.3, -0.25) is 0 Å². The number of rotatable bonds is 1. The molecule has 0 radical (unpaired) electrons. The Morgan fingerprint density at radius 1 is 1.10 bits per heavy atom. The van der Waals surface area contributed by atoms with E-state index in [-0.39, 0.29) is 21.4 Å². The third-order valence-electron chi connectivity index (χ3n) is 3.01. The van der Waals surface area contributed by atoms with Gasteiger partial charge in [0.25, 0.3) is 0 Å². The number of halogens is 5. The number of aromatic amines is 1.